The lowest BCUT2D eigenvalue weighted by molar-refractivity contribution is 0.471. The summed E-state index contributed by atoms with van der Waals surface area (Å²) in [6.07, 6.45) is 1.81. The quantitative estimate of drug-likeness (QED) is 0.627. The van der Waals surface area contributed by atoms with E-state index in [1.54, 1.807) is 6.07 Å². The Balaban J connectivity index is 2.57. The number of rotatable bonds is 4. The highest BCUT2D eigenvalue weighted by atomic mass is 79.9. The van der Waals surface area contributed by atoms with Crippen molar-refractivity contribution in [2.45, 2.75) is 6.54 Å². The van der Waals surface area contributed by atoms with Crippen molar-refractivity contribution in [2.24, 2.45) is 0 Å². The van der Waals surface area contributed by atoms with Gasteiger partial charge in [0.2, 0.25) is 0 Å². The molecule has 0 heterocycles. The smallest absolute Gasteiger partial charge is 0.129 e. The largest absolute Gasteiger partial charge is 0.507 e. The maximum Gasteiger partial charge on any atom is 0.129 e. The van der Waals surface area contributed by atoms with Crippen LogP contribution in [0.4, 0.5) is 0 Å². The van der Waals surface area contributed by atoms with Gasteiger partial charge in [-0.3, -0.25) is 0 Å². The summed E-state index contributed by atoms with van der Waals surface area (Å²) in [5.41, 5.74) is 1.13. The maximum absolute atomic E-state index is 9.23. The van der Waals surface area contributed by atoms with Crippen molar-refractivity contribution in [1.82, 2.24) is 5.32 Å². The van der Waals surface area contributed by atoms with Crippen molar-refractivity contribution >= 4 is 15.9 Å². The Kier molecular flexibility index (Phi) is 3.99. The van der Waals surface area contributed by atoms with E-state index in [2.05, 4.69) is 27.8 Å². The summed E-state index contributed by atoms with van der Waals surface area (Å²) >= 11 is 3.26. The molecule has 1 rings (SSSR count). The first-order valence-corrected chi connectivity index (χ1v) is 4.82. The van der Waals surface area contributed by atoms with E-state index in [0.29, 0.717) is 0 Å². The molecular weight excluding hydrogens is 230 g/mol. The second-order valence-corrected chi connectivity index (χ2v) is 3.56. The van der Waals surface area contributed by atoms with Gasteiger partial charge in [-0.25, -0.2) is 0 Å². The SMILES string of the molecule is C=CCNCc1ccc(O)c(Br)c1. The summed E-state index contributed by atoms with van der Waals surface area (Å²) in [4.78, 5) is 0. The van der Waals surface area contributed by atoms with Gasteiger partial charge in [0.25, 0.3) is 0 Å². The van der Waals surface area contributed by atoms with Gasteiger partial charge in [0.1, 0.15) is 5.75 Å². The third kappa shape index (κ3) is 3.20. The van der Waals surface area contributed by atoms with Crippen LogP contribution in [0.1, 0.15) is 5.56 Å². The molecule has 70 valence electrons. The number of hydrogen-bond donors (Lipinski definition) is 2. The van der Waals surface area contributed by atoms with Gasteiger partial charge in [0.05, 0.1) is 4.47 Å². The van der Waals surface area contributed by atoms with Crippen LogP contribution < -0.4 is 5.32 Å². The van der Waals surface area contributed by atoms with Gasteiger partial charge in [0.15, 0.2) is 0 Å². The molecule has 1 aromatic rings. The second-order valence-electron chi connectivity index (χ2n) is 2.71. The predicted molar refractivity (Wildman–Crippen MR) is 57.7 cm³/mol. The predicted octanol–water partition coefficient (Wildman–Crippen LogP) is 2.43. The van der Waals surface area contributed by atoms with Crippen LogP contribution in [-0.4, -0.2) is 11.7 Å². The van der Waals surface area contributed by atoms with Gasteiger partial charge >= 0.3 is 0 Å². The summed E-state index contributed by atoms with van der Waals surface area (Å²) in [7, 11) is 0. The van der Waals surface area contributed by atoms with Crippen LogP contribution >= 0.6 is 15.9 Å². The first-order valence-electron chi connectivity index (χ1n) is 4.03. The molecular formula is C10H12BrNO. The second kappa shape index (κ2) is 5.04. The van der Waals surface area contributed by atoms with Gasteiger partial charge in [0, 0.05) is 13.1 Å². The lowest BCUT2D eigenvalue weighted by Gasteiger charge is -2.03. The Bertz CT molecular complexity index is 299. The first-order chi connectivity index (χ1) is 6.24. The van der Waals surface area contributed by atoms with Crippen LogP contribution in [-0.2, 0) is 6.54 Å². The molecule has 2 nitrogen and oxygen atoms in total. The van der Waals surface area contributed by atoms with Gasteiger partial charge in [-0.05, 0) is 33.6 Å². The normalized spacial score (nSPS) is 9.92. The van der Waals surface area contributed by atoms with Gasteiger partial charge < -0.3 is 10.4 Å². The Morgan fingerprint density at radius 1 is 1.54 bits per heavy atom. The highest BCUT2D eigenvalue weighted by Crippen LogP contribution is 2.23. The summed E-state index contributed by atoms with van der Waals surface area (Å²) in [5, 5.41) is 12.4. The number of nitrogens with one attached hydrogen (secondary N) is 1. The van der Waals surface area contributed by atoms with Crippen molar-refractivity contribution < 1.29 is 5.11 Å². The average Bonchev–Trinajstić information content (AvgIpc) is 2.12. The molecule has 3 heteroatoms. The van der Waals surface area contributed by atoms with E-state index in [0.717, 1.165) is 23.1 Å². The summed E-state index contributed by atoms with van der Waals surface area (Å²) in [6, 6.07) is 5.45. The molecule has 0 aromatic heterocycles. The van der Waals surface area contributed by atoms with E-state index in [4.69, 9.17) is 0 Å². The third-order valence-electron chi connectivity index (χ3n) is 1.63. The van der Waals surface area contributed by atoms with Gasteiger partial charge in [-0.2, -0.15) is 0 Å². The van der Waals surface area contributed by atoms with Gasteiger partial charge in [-0.15, -0.1) is 6.58 Å². The van der Waals surface area contributed by atoms with Crippen molar-refractivity contribution in [1.29, 1.82) is 0 Å². The van der Waals surface area contributed by atoms with Crippen molar-refractivity contribution in [3.05, 3.63) is 40.9 Å². The number of halogens is 1. The Labute approximate surface area is 86.4 Å². The number of aromatic hydroxyl groups is 1. The molecule has 0 aliphatic rings. The van der Waals surface area contributed by atoms with Crippen LogP contribution in [0.5, 0.6) is 5.75 Å². The number of benzene rings is 1. The third-order valence-corrected chi connectivity index (χ3v) is 2.27. The van der Waals surface area contributed by atoms with E-state index >= 15 is 0 Å². The van der Waals surface area contributed by atoms with Crippen LogP contribution in [0.3, 0.4) is 0 Å². The Morgan fingerprint density at radius 2 is 2.31 bits per heavy atom. The molecule has 1 aromatic carbocycles. The van der Waals surface area contributed by atoms with E-state index in [1.807, 2.05) is 18.2 Å². The zero-order chi connectivity index (χ0) is 9.68. The fraction of sp³-hybridized carbons (Fsp3) is 0.200. The zero-order valence-corrected chi connectivity index (χ0v) is 8.84. The molecule has 13 heavy (non-hydrogen) atoms. The molecule has 2 N–H and O–H groups in total. The minimum absolute atomic E-state index is 0.271. The number of phenols is 1. The average molecular weight is 242 g/mol. The first kappa shape index (κ1) is 10.3. The fourth-order valence-electron chi connectivity index (χ4n) is 0.979. The fourth-order valence-corrected chi connectivity index (χ4v) is 1.41. The minimum Gasteiger partial charge on any atom is -0.507 e. The minimum atomic E-state index is 0.271. The van der Waals surface area contributed by atoms with Crippen LogP contribution in [0.15, 0.2) is 35.3 Å². The standard InChI is InChI=1S/C10H12BrNO/c1-2-5-12-7-8-3-4-10(13)9(11)6-8/h2-4,6,12-13H,1,5,7H2. The summed E-state index contributed by atoms with van der Waals surface area (Å²) in [6.45, 7) is 5.18. The van der Waals surface area contributed by atoms with E-state index in [1.165, 1.54) is 0 Å². The monoisotopic (exact) mass is 241 g/mol. The molecule has 0 aliphatic heterocycles. The molecule has 0 spiro atoms. The summed E-state index contributed by atoms with van der Waals surface area (Å²) in [5.74, 6) is 0.271. The number of hydrogen-bond acceptors (Lipinski definition) is 2. The topological polar surface area (TPSA) is 32.3 Å². The lowest BCUT2D eigenvalue weighted by Crippen LogP contribution is -2.12. The highest BCUT2D eigenvalue weighted by Gasteiger charge is 1.98. The number of phenolic OH excluding ortho intramolecular Hbond substituents is 1. The zero-order valence-electron chi connectivity index (χ0n) is 7.26. The van der Waals surface area contributed by atoms with Crippen molar-refractivity contribution in [3.63, 3.8) is 0 Å². The van der Waals surface area contributed by atoms with E-state index in [9.17, 15) is 5.11 Å². The van der Waals surface area contributed by atoms with Crippen LogP contribution in [0, 0.1) is 0 Å². The molecule has 0 saturated carbocycles. The highest BCUT2D eigenvalue weighted by molar-refractivity contribution is 9.10. The molecule has 0 bridgehead atoms. The molecule has 0 amide bonds. The van der Waals surface area contributed by atoms with E-state index in [-0.39, 0.29) is 5.75 Å². The van der Waals surface area contributed by atoms with Crippen molar-refractivity contribution in [2.75, 3.05) is 6.54 Å². The van der Waals surface area contributed by atoms with Gasteiger partial charge in [-0.1, -0.05) is 12.1 Å². The molecule has 0 aliphatic carbocycles. The molecule has 0 radical (unpaired) electrons. The molecule has 0 atom stereocenters. The molecule has 0 saturated heterocycles. The Morgan fingerprint density at radius 3 is 2.92 bits per heavy atom. The van der Waals surface area contributed by atoms with E-state index < -0.39 is 0 Å². The molecule has 0 unspecified atom stereocenters. The maximum atomic E-state index is 9.23. The van der Waals surface area contributed by atoms with Crippen LogP contribution in [0.2, 0.25) is 0 Å². The lowest BCUT2D eigenvalue weighted by atomic mass is 10.2. The Hall–Kier alpha value is -0.800. The summed E-state index contributed by atoms with van der Waals surface area (Å²) < 4.78 is 0.727. The van der Waals surface area contributed by atoms with Crippen molar-refractivity contribution in [3.8, 4) is 5.75 Å². The van der Waals surface area contributed by atoms with Crippen LogP contribution in [0.25, 0.3) is 0 Å². The molecule has 0 fully saturated rings.